The lowest BCUT2D eigenvalue weighted by atomic mass is 9.98. The zero-order valence-corrected chi connectivity index (χ0v) is 10.4. The lowest BCUT2D eigenvalue weighted by Crippen LogP contribution is -2.40. The van der Waals surface area contributed by atoms with Crippen molar-refractivity contribution in [3.63, 3.8) is 0 Å². The van der Waals surface area contributed by atoms with Crippen LogP contribution in [0.2, 0.25) is 0 Å². The third-order valence-corrected chi connectivity index (χ3v) is 3.44. The van der Waals surface area contributed by atoms with Gasteiger partial charge in [0.25, 0.3) is 0 Å². The molecule has 1 aromatic carbocycles. The average Bonchev–Trinajstić information content (AvgIpc) is 2.68. The van der Waals surface area contributed by atoms with Crippen molar-refractivity contribution in [2.75, 3.05) is 24.5 Å². The van der Waals surface area contributed by atoms with Crippen LogP contribution in [0.4, 0.5) is 18.9 Å². The van der Waals surface area contributed by atoms with Gasteiger partial charge in [0.2, 0.25) is 0 Å². The van der Waals surface area contributed by atoms with E-state index in [1.54, 1.807) is 17.0 Å². The molecular weight excluding hydrogens is 257 g/mol. The fourth-order valence-corrected chi connectivity index (χ4v) is 2.52. The first-order valence-corrected chi connectivity index (χ1v) is 6.22. The van der Waals surface area contributed by atoms with Gasteiger partial charge in [0.15, 0.2) is 6.10 Å². The summed E-state index contributed by atoms with van der Waals surface area (Å²) in [7, 11) is 0. The normalized spacial score (nSPS) is 20.5. The van der Waals surface area contributed by atoms with Crippen LogP contribution in [0.25, 0.3) is 0 Å². The number of fused-ring (bicyclic) bond motifs is 1. The van der Waals surface area contributed by atoms with Crippen LogP contribution in [0, 0.1) is 0 Å². The molecule has 19 heavy (non-hydrogen) atoms. The second-order valence-corrected chi connectivity index (χ2v) is 4.80. The van der Waals surface area contributed by atoms with Gasteiger partial charge in [0.05, 0.1) is 6.54 Å². The molecule has 6 heteroatoms. The molecule has 2 rings (SSSR count). The molecule has 0 radical (unpaired) electrons. The zero-order chi connectivity index (χ0) is 14.0. The van der Waals surface area contributed by atoms with E-state index in [1.807, 2.05) is 12.1 Å². The van der Waals surface area contributed by atoms with Crippen molar-refractivity contribution < 1.29 is 18.3 Å². The lowest BCUT2D eigenvalue weighted by Gasteiger charge is -2.24. The number of halogens is 3. The monoisotopic (exact) mass is 274 g/mol. The van der Waals surface area contributed by atoms with Gasteiger partial charge < -0.3 is 15.7 Å². The van der Waals surface area contributed by atoms with Crippen LogP contribution in [-0.2, 0) is 0 Å². The number of benzene rings is 1. The Kier molecular flexibility index (Phi) is 4.01. The minimum Gasteiger partial charge on any atom is -0.382 e. The summed E-state index contributed by atoms with van der Waals surface area (Å²) in [6.45, 7) is 0.542. The Morgan fingerprint density at radius 1 is 1.37 bits per heavy atom. The van der Waals surface area contributed by atoms with E-state index in [4.69, 9.17) is 5.73 Å². The number of hydrogen-bond donors (Lipinski definition) is 2. The van der Waals surface area contributed by atoms with E-state index in [2.05, 4.69) is 0 Å². The van der Waals surface area contributed by atoms with Gasteiger partial charge in [-0.15, -0.1) is 0 Å². The lowest BCUT2D eigenvalue weighted by molar-refractivity contribution is -0.200. The highest BCUT2D eigenvalue weighted by atomic mass is 19.4. The van der Waals surface area contributed by atoms with Crippen molar-refractivity contribution in [1.82, 2.24) is 0 Å². The van der Waals surface area contributed by atoms with E-state index < -0.39 is 18.8 Å². The third-order valence-electron chi connectivity index (χ3n) is 3.44. The largest absolute Gasteiger partial charge is 0.416 e. The Hall–Kier alpha value is -1.27. The number of alkyl halides is 3. The van der Waals surface area contributed by atoms with Crippen molar-refractivity contribution >= 4 is 5.69 Å². The summed E-state index contributed by atoms with van der Waals surface area (Å²) in [5.41, 5.74) is 7.32. The predicted octanol–water partition coefficient (Wildman–Crippen LogP) is 1.86. The highest BCUT2D eigenvalue weighted by Crippen LogP contribution is 2.38. The number of anilines is 1. The highest BCUT2D eigenvalue weighted by Gasteiger charge is 2.41. The molecule has 3 N–H and O–H groups in total. The molecule has 2 atom stereocenters. The maximum absolute atomic E-state index is 12.4. The van der Waals surface area contributed by atoms with Crippen molar-refractivity contribution in [3.8, 4) is 0 Å². The van der Waals surface area contributed by atoms with Gasteiger partial charge in [-0.2, -0.15) is 13.2 Å². The molecule has 0 saturated carbocycles. The molecule has 0 bridgehead atoms. The Morgan fingerprint density at radius 2 is 2.05 bits per heavy atom. The molecule has 1 aromatic rings. The van der Waals surface area contributed by atoms with Crippen LogP contribution < -0.4 is 10.6 Å². The molecule has 2 unspecified atom stereocenters. The summed E-state index contributed by atoms with van der Waals surface area (Å²) >= 11 is 0. The van der Waals surface area contributed by atoms with E-state index in [0.717, 1.165) is 17.7 Å². The van der Waals surface area contributed by atoms with Gasteiger partial charge >= 0.3 is 6.18 Å². The standard InChI is InChI=1S/C13H17F3N2O/c14-13(15,16)12(19)8-18-7-9(5-6-17)10-3-1-2-4-11(10)18/h1-4,9,12,19H,5-8,17H2. The number of aliphatic hydroxyl groups excluding tert-OH is 1. The summed E-state index contributed by atoms with van der Waals surface area (Å²) in [5.74, 6) is 0.140. The van der Waals surface area contributed by atoms with Crippen molar-refractivity contribution in [2.45, 2.75) is 24.6 Å². The van der Waals surface area contributed by atoms with Crippen LogP contribution in [-0.4, -0.2) is 37.0 Å². The van der Waals surface area contributed by atoms with Gasteiger partial charge in [-0.25, -0.2) is 0 Å². The van der Waals surface area contributed by atoms with Crippen LogP contribution in [0.3, 0.4) is 0 Å². The second kappa shape index (κ2) is 5.38. The molecule has 0 saturated heterocycles. The third kappa shape index (κ3) is 3.01. The van der Waals surface area contributed by atoms with Crippen molar-refractivity contribution in [3.05, 3.63) is 29.8 Å². The molecule has 3 nitrogen and oxygen atoms in total. The number of hydrogen-bond acceptors (Lipinski definition) is 3. The number of β-amino-alcohol motifs (C(OH)–C–C–N with tert-alkyl or cyclic N) is 1. The van der Waals surface area contributed by atoms with E-state index in [1.165, 1.54) is 0 Å². The Labute approximate surface area is 109 Å². The van der Waals surface area contributed by atoms with Gasteiger partial charge in [-0.1, -0.05) is 18.2 Å². The van der Waals surface area contributed by atoms with Crippen LogP contribution in [0.5, 0.6) is 0 Å². The minimum absolute atomic E-state index is 0.140. The maximum Gasteiger partial charge on any atom is 0.416 e. The first-order valence-electron chi connectivity index (χ1n) is 6.22. The van der Waals surface area contributed by atoms with Crippen LogP contribution >= 0.6 is 0 Å². The molecule has 106 valence electrons. The molecule has 0 fully saturated rings. The molecule has 0 spiro atoms. The highest BCUT2D eigenvalue weighted by molar-refractivity contribution is 5.60. The van der Waals surface area contributed by atoms with E-state index >= 15 is 0 Å². The topological polar surface area (TPSA) is 49.5 Å². The summed E-state index contributed by atoms with van der Waals surface area (Å²) in [4.78, 5) is 1.59. The number of rotatable bonds is 4. The maximum atomic E-state index is 12.4. The summed E-state index contributed by atoms with van der Waals surface area (Å²) < 4.78 is 37.3. The van der Waals surface area contributed by atoms with Gasteiger partial charge in [0.1, 0.15) is 0 Å². The second-order valence-electron chi connectivity index (χ2n) is 4.80. The summed E-state index contributed by atoms with van der Waals surface area (Å²) in [5, 5.41) is 9.20. The molecule has 1 aliphatic rings. The van der Waals surface area contributed by atoms with Gasteiger partial charge in [-0.3, -0.25) is 0 Å². The number of nitrogens with two attached hydrogens (primary N) is 1. The molecule has 0 amide bonds. The van der Waals surface area contributed by atoms with E-state index in [-0.39, 0.29) is 5.92 Å². The van der Waals surface area contributed by atoms with E-state index in [9.17, 15) is 18.3 Å². The summed E-state index contributed by atoms with van der Waals surface area (Å²) in [6, 6.07) is 7.35. The summed E-state index contributed by atoms with van der Waals surface area (Å²) in [6.07, 6.45) is -6.17. The smallest absolute Gasteiger partial charge is 0.382 e. The first-order chi connectivity index (χ1) is 8.93. The van der Waals surface area contributed by atoms with Crippen LogP contribution in [0.1, 0.15) is 17.9 Å². The quantitative estimate of drug-likeness (QED) is 0.881. The average molecular weight is 274 g/mol. The van der Waals surface area contributed by atoms with Crippen molar-refractivity contribution in [2.24, 2.45) is 5.73 Å². The molecule has 0 aliphatic carbocycles. The number of aliphatic hydroxyl groups is 1. The van der Waals surface area contributed by atoms with Crippen molar-refractivity contribution in [1.29, 1.82) is 0 Å². The molecular formula is C13H17F3N2O. The fraction of sp³-hybridized carbons (Fsp3) is 0.538. The molecule has 1 heterocycles. The van der Waals surface area contributed by atoms with Gasteiger partial charge in [0, 0.05) is 18.2 Å². The zero-order valence-electron chi connectivity index (χ0n) is 10.4. The van der Waals surface area contributed by atoms with E-state index in [0.29, 0.717) is 13.1 Å². The number of para-hydroxylation sites is 1. The SMILES string of the molecule is NCCC1CN(CC(O)C(F)(F)F)c2ccccc21. The predicted molar refractivity (Wildman–Crippen MR) is 67.1 cm³/mol. The van der Waals surface area contributed by atoms with Crippen LogP contribution in [0.15, 0.2) is 24.3 Å². The minimum atomic E-state index is -4.58. The first kappa shape index (κ1) is 14.1. The Balaban J connectivity index is 2.16. The fourth-order valence-electron chi connectivity index (χ4n) is 2.52. The Morgan fingerprint density at radius 3 is 2.68 bits per heavy atom. The number of nitrogens with zero attached hydrogens (tertiary/aromatic N) is 1. The van der Waals surface area contributed by atoms with Gasteiger partial charge in [-0.05, 0) is 24.6 Å². The molecule has 0 aromatic heterocycles. The molecule has 1 aliphatic heterocycles. The Bertz CT molecular complexity index is 436.